The third-order valence-corrected chi connectivity index (χ3v) is 2.45. The maximum absolute atomic E-state index is 4.33. The van der Waals surface area contributed by atoms with Gasteiger partial charge in [-0.2, -0.15) is 5.10 Å². The van der Waals surface area contributed by atoms with E-state index >= 15 is 0 Å². The fraction of sp³-hybridized carbons (Fsp3) is 0.300. The predicted octanol–water partition coefficient (Wildman–Crippen LogP) is 2.30. The van der Waals surface area contributed by atoms with Crippen molar-refractivity contribution >= 4 is 15.9 Å². The number of aromatic nitrogens is 4. The molecule has 5 heteroatoms. The van der Waals surface area contributed by atoms with Gasteiger partial charge in [-0.25, -0.2) is 14.6 Å². The summed E-state index contributed by atoms with van der Waals surface area (Å²) in [6, 6.07) is 3.83. The lowest BCUT2D eigenvalue weighted by atomic mass is 10.3. The summed E-state index contributed by atoms with van der Waals surface area (Å²) in [7, 11) is 0. The first-order chi connectivity index (χ1) is 7.19. The molecule has 2 aromatic heterocycles. The molecule has 4 nitrogen and oxygen atoms in total. The van der Waals surface area contributed by atoms with Crippen molar-refractivity contribution in [1.82, 2.24) is 19.7 Å². The zero-order valence-electron chi connectivity index (χ0n) is 8.61. The van der Waals surface area contributed by atoms with Crippen molar-refractivity contribution < 1.29 is 0 Å². The Balaban J connectivity index is 2.48. The molecule has 0 bridgehead atoms. The standard InChI is InChI=1S/C10H11BrN4/c1-3-8-6-10(13-7(2)12-8)15-5-4-9(11)14-15/h4-6H,3H2,1-2H3. The fourth-order valence-electron chi connectivity index (χ4n) is 1.34. The van der Waals surface area contributed by atoms with Crippen LogP contribution in [0.5, 0.6) is 0 Å². The van der Waals surface area contributed by atoms with E-state index < -0.39 is 0 Å². The molecule has 0 radical (unpaired) electrons. The van der Waals surface area contributed by atoms with Gasteiger partial charge in [0.2, 0.25) is 0 Å². The van der Waals surface area contributed by atoms with E-state index in [0.717, 1.165) is 28.4 Å². The fourth-order valence-corrected chi connectivity index (χ4v) is 1.63. The van der Waals surface area contributed by atoms with Crippen molar-refractivity contribution in [2.75, 3.05) is 0 Å². The van der Waals surface area contributed by atoms with Crippen molar-refractivity contribution in [3.05, 3.63) is 34.5 Å². The van der Waals surface area contributed by atoms with Crippen LogP contribution in [0.2, 0.25) is 0 Å². The summed E-state index contributed by atoms with van der Waals surface area (Å²) in [5.74, 6) is 1.58. The zero-order chi connectivity index (χ0) is 10.8. The molecule has 0 N–H and O–H groups in total. The van der Waals surface area contributed by atoms with E-state index in [9.17, 15) is 0 Å². The second-order valence-corrected chi connectivity index (χ2v) is 4.01. The molecule has 0 aromatic carbocycles. The van der Waals surface area contributed by atoms with Gasteiger partial charge in [-0.1, -0.05) is 6.92 Å². The minimum absolute atomic E-state index is 0.774. The van der Waals surface area contributed by atoms with Crippen LogP contribution in [-0.2, 0) is 6.42 Å². The van der Waals surface area contributed by atoms with E-state index in [4.69, 9.17) is 0 Å². The molecule has 2 rings (SSSR count). The monoisotopic (exact) mass is 266 g/mol. The van der Waals surface area contributed by atoms with Crippen molar-refractivity contribution in [2.45, 2.75) is 20.3 Å². The van der Waals surface area contributed by atoms with Crippen LogP contribution in [0.3, 0.4) is 0 Å². The topological polar surface area (TPSA) is 43.6 Å². The Kier molecular flexibility index (Phi) is 2.81. The lowest BCUT2D eigenvalue weighted by Crippen LogP contribution is -2.03. The average Bonchev–Trinajstić information content (AvgIpc) is 2.64. The van der Waals surface area contributed by atoms with Gasteiger partial charge in [-0.05, 0) is 35.3 Å². The Morgan fingerprint density at radius 3 is 2.80 bits per heavy atom. The smallest absolute Gasteiger partial charge is 0.157 e. The molecule has 0 saturated carbocycles. The minimum atomic E-state index is 0.774. The first-order valence-electron chi connectivity index (χ1n) is 4.75. The molecule has 0 aliphatic rings. The molecule has 0 aliphatic heterocycles. The Morgan fingerprint density at radius 2 is 2.20 bits per heavy atom. The molecule has 15 heavy (non-hydrogen) atoms. The Hall–Kier alpha value is -1.23. The van der Waals surface area contributed by atoms with Crippen molar-refractivity contribution in [1.29, 1.82) is 0 Å². The first kappa shape index (κ1) is 10.3. The van der Waals surface area contributed by atoms with Crippen LogP contribution in [0.15, 0.2) is 22.9 Å². The predicted molar refractivity (Wildman–Crippen MR) is 61.0 cm³/mol. The van der Waals surface area contributed by atoms with E-state index in [1.54, 1.807) is 4.68 Å². The molecule has 2 heterocycles. The van der Waals surface area contributed by atoms with Crippen LogP contribution in [0.1, 0.15) is 18.4 Å². The molecule has 2 aromatic rings. The summed E-state index contributed by atoms with van der Waals surface area (Å²) in [6.07, 6.45) is 2.77. The van der Waals surface area contributed by atoms with Crippen LogP contribution in [0.25, 0.3) is 5.82 Å². The van der Waals surface area contributed by atoms with Gasteiger partial charge in [0.1, 0.15) is 10.4 Å². The van der Waals surface area contributed by atoms with Crippen LogP contribution in [-0.4, -0.2) is 19.7 Å². The van der Waals surface area contributed by atoms with Gasteiger partial charge in [-0.15, -0.1) is 0 Å². The first-order valence-corrected chi connectivity index (χ1v) is 5.54. The summed E-state index contributed by atoms with van der Waals surface area (Å²) in [4.78, 5) is 8.65. The molecule has 0 atom stereocenters. The lowest BCUT2D eigenvalue weighted by Gasteiger charge is -2.03. The van der Waals surface area contributed by atoms with Gasteiger partial charge in [0.15, 0.2) is 5.82 Å². The largest absolute Gasteiger partial charge is 0.238 e. The van der Waals surface area contributed by atoms with E-state index in [1.807, 2.05) is 25.3 Å². The van der Waals surface area contributed by atoms with Gasteiger partial charge in [0, 0.05) is 18.0 Å². The molecule has 0 aliphatic carbocycles. The number of rotatable bonds is 2. The molecule has 0 spiro atoms. The van der Waals surface area contributed by atoms with E-state index in [2.05, 4.69) is 37.9 Å². The number of aryl methyl sites for hydroxylation is 2. The molecule has 0 saturated heterocycles. The van der Waals surface area contributed by atoms with Gasteiger partial charge in [0.25, 0.3) is 0 Å². The summed E-state index contributed by atoms with van der Waals surface area (Å²) in [5, 5.41) is 4.24. The number of hydrogen-bond acceptors (Lipinski definition) is 3. The molecular weight excluding hydrogens is 256 g/mol. The highest BCUT2D eigenvalue weighted by Gasteiger charge is 2.03. The molecule has 78 valence electrons. The highest BCUT2D eigenvalue weighted by Crippen LogP contribution is 2.10. The van der Waals surface area contributed by atoms with Gasteiger partial charge in [0.05, 0.1) is 0 Å². The summed E-state index contributed by atoms with van der Waals surface area (Å²) < 4.78 is 2.54. The Labute approximate surface area is 96.5 Å². The van der Waals surface area contributed by atoms with Crippen LogP contribution < -0.4 is 0 Å². The van der Waals surface area contributed by atoms with Gasteiger partial charge >= 0.3 is 0 Å². The van der Waals surface area contributed by atoms with Crippen molar-refractivity contribution in [3.63, 3.8) is 0 Å². The minimum Gasteiger partial charge on any atom is -0.238 e. The van der Waals surface area contributed by atoms with Crippen LogP contribution in [0, 0.1) is 6.92 Å². The third-order valence-electron chi connectivity index (χ3n) is 2.03. The average molecular weight is 267 g/mol. The molecule has 0 unspecified atom stereocenters. The quantitative estimate of drug-likeness (QED) is 0.838. The summed E-state index contributed by atoms with van der Waals surface area (Å²) in [5.41, 5.74) is 1.03. The van der Waals surface area contributed by atoms with Crippen molar-refractivity contribution in [2.24, 2.45) is 0 Å². The zero-order valence-corrected chi connectivity index (χ0v) is 10.2. The van der Waals surface area contributed by atoms with Gasteiger partial charge in [-0.3, -0.25) is 0 Å². The number of nitrogens with zero attached hydrogens (tertiary/aromatic N) is 4. The van der Waals surface area contributed by atoms with E-state index in [-0.39, 0.29) is 0 Å². The molecule has 0 amide bonds. The van der Waals surface area contributed by atoms with Gasteiger partial charge < -0.3 is 0 Å². The molecular formula is C10H11BrN4. The normalized spacial score (nSPS) is 10.6. The third kappa shape index (κ3) is 2.23. The van der Waals surface area contributed by atoms with Crippen LogP contribution in [0.4, 0.5) is 0 Å². The summed E-state index contributed by atoms with van der Waals surface area (Å²) >= 11 is 3.31. The maximum Gasteiger partial charge on any atom is 0.157 e. The SMILES string of the molecule is CCc1cc(-n2ccc(Br)n2)nc(C)n1. The Bertz CT molecular complexity index is 478. The second kappa shape index (κ2) is 4.10. The lowest BCUT2D eigenvalue weighted by molar-refractivity contribution is 0.808. The van der Waals surface area contributed by atoms with Crippen molar-refractivity contribution in [3.8, 4) is 5.82 Å². The van der Waals surface area contributed by atoms with E-state index in [0.29, 0.717) is 0 Å². The highest BCUT2D eigenvalue weighted by atomic mass is 79.9. The maximum atomic E-state index is 4.33. The highest BCUT2D eigenvalue weighted by molar-refractivity contribution is 9.10. The summed E-state index contributed by atoms with van der Waals surface area (Å²) in [6.45, 7) is 3.96. The second-order valence-electron chi connectivity index (χ2n) is 3.20. The number of hydrogen-bond donors (Lipinski definition) is 0. The Morgan fingerprint density at radius 1 is 1.40 bits per heavy atom. The van der Waals surface area contributed by atoms with Crippen LogP contribution >= 0.6 is 15.9 Å². The molecule has 0 fully saturated rings. The van der Waals surface area contributed by atoms with E-state index in [1.165, 1.54) is 0 Å². The number of halogens is 1.